The van der Waals surface area contributed by atoms with E-state index in [4.69, 9.17) is 0 Å². The van der Waals surface area contributed by atoms with Crippen LogP contribution in [0.1, 0.15) is 38.3 Å². The average Bonchev–Trinajstić information content (AvgIpc) is 3.11. The molecule has 2 N–H and O–H groups in total. The molecule has 6 nitrogen and oxygen atoms in total. The topological polar surface area (TPSA) is 82.5 Å². The predicted octanol–water partition coefficient (Wildman–Crippen LogP) is 2.39. The number of aromatic nitrogens is 1. The van der Waals surface area contributed by atoms with Gasteiger partial charge in [-0.05, 0) is 12.3 Å². The number of halogens is 2. The molecule has 1 aliphatic rings. The van der Waals surface area contributed by atoms with Crippen molar-refractivity contribution in [3.63, 3.8) is 0 Å². The summed E-state index contributed by atoms with van der Waals surface area (Å²) in [6.45, 7) is 5.57. The first-order valence-corrected chi connectivity index (χ1v) is 8.54. The summed E-state index contributed by atoms with van der Waals surface area (Å²) in [5.74, 6) is -0.368. The van der Waals surface area contributed by atoms with E-state index in [-0.39, 0.29) is 42.6 Å². The van der Waals surface area contributed by atoms with E-state index in [1.165, 1.54) is 6.92 Å². The molecule has 0 spiro atoms. The molecule has 3 atom stereocenters. The highest BCUT2D eigenvalue weighted by Gasteiger charge is 2.38. The summed E-state index contributed by atoms with van der Waals surface area (Å²) >= 11 is 1.54. The van der Waals surface area contributed by atoms with Gasteiger partial charge in [0, 0.05) is 37.9 Å². The van der Waals surface area contributed by atoms with Crippen molar-refractivity contribution in [2.75, 3.05) is 19.6 Å². The predicted molar refractivity (Wildman–Crippen MR) is 99.4 cm³/mol. The molecule has 1 fully saturated rings. The monoisotopic (exact) mass is 397 g/mol. The lowest BCUT2D eigenvalue weighted by Gasteiger charge is -2.26. The van der Waals surface area contributed by atoms with Gasteiger partial charge >= 0.3 is 5.97 Å². The van der Waals surface area contributed by atoms with Crippen molar-refractivity contribution in [3.05, 3.63) is 16.6 Å². The summed E-state index contributed by atoms with van der Waals surface area (Å²) in [5.41, 5.74) is 2.79. The van der Waals surface area contributed by atoms with E-state index in [0.717, 1.165) is 18.7 Å². The van der Waals surface area contributed by atoms with Gasteiger partial charge in [0.05, 0.1) is 11.2 Å². The number of hydrogen-bond donors (Lipinski definition) is 2. The summed E-state index contributed by atoms with van der Waals surface area (Å²) in [5, 5.41) is 14.3. The first kappa shape index (κ1) is 23.1. The van der Waals surface area contributed by atoms with Crippen molar-refractivity contribution in [2.24, 2.45) is 5.92 Å². The molecule has 1 saturated heterocycles. The Morgan fingerprint density at radius 3 is 2.71 bits per heavy atom. The van der Waals surface area contributed by atoms with Crippen LogP contribution in [-0.2, 0) is 9.59 Å². The maximum absolute atomic E-state index is 11.5. The Bertz CT molecular complexity index is 516. The number of carboxylic acids is 1. The standard InChI is InChI=1S/C15H23N3O3S.2ClH/c1-3-11(5-16-10(2)19)6-18-7-12(4-14(18)15(20)21)13-8-22-9-17-13;;/h8-9,11-12,14H,3-7H2,1-2H3,(H,16,19)(H,20,21);2*1H/t11?,12-,14-;;/m1../s1. The van der Waals surface area contributed by atoms with E-state index >= 15 is 0 Å². The van der Waals surface area contributed by atoms with Crippen molar-refractivity contribution >= 4 is 48.0 Å². The molecule has 9 heteroatoms. The largest absolute Gasteiger partial charge is 0.480 e. The van der Waals surface area contributed by atoms with Gasteiger partial charge in [0.2, 0.25) is 5.91 Å². The van der Waals surface area contributed by atoms with Crippen LogP contribution >= 0.6 is 36.2 Å². The number of carboxylic acid groups (broad SMARTS) is 1. The lowest BCUT2D eigenvalue weighted by molar-refractivity contribution is -0.142. The SMILES string of the molecule is CCC(CNC(C)=O)CN1C[C@H](c2cscn2)C[C@@H]1C(=O)O.Cl.Cl. The van der Waals surface area contributed by atoms with Crippen molar-refractivity contribution in [1.82, 2.24) is 15.2 Å². The lowest BCUT2D eigenvalue weighted by Crippen LogP contribution is -2.41. The van der Waals surface area contributed by atoms with Crippen LogP contribution in [-0.4, -0.2) is 52.5 Å². The maximum Gasteiger partial charge on any atom is 0.320 e. The van der Waals surface area contributed by atoms with Gasteiger partial charge in [-0.3, -0.25) is 14.5 Å². The van der Waals surface area contributed by atoms with E-state index in [1.807, 2.05) is 10.3 Å². The number of likely N-dealkylation sites (tertiary alicyclic amines) is 1. The third-order valence-corrected chi connectivity index (χ3v) is 4.87. The molecule has 0 aromatic carbocycles. The summed E-state index contributed by atoms with van der Waals surface area (Å²) in [6.07, 6.45) is 1.51. The second kappa shape index (κ2) is 10.9. The van der Waals surface area contributed by atoms with E-state index < -0.39 is 12.0 Å². The molecule has 0 aliphatic carbocycles. The van der Waals surface area contributed by atoms with Crippen molar-refractivity contribution in [1.29, 1.82) is 0 Å². The van der Waals surface area contributed by atoms with E-state index in [2.05, 4.69) is 17.2 Å². The number of aliphatic carboxylic acids is 1. The summed E-state index contributed by atoms with van der Waals surface area (Å²) in [7, 11) is 0. The lowest BCUT2D eigenvalue weighted by atomic mass is 10.0. The van der Waals surface area contributed by atoms with E-state index in [0.29, 0.717) is 19.5 Å². The number of carbonyl (C=O) groups is 2. The van der Waals surface area contributed by atoms with Crippen LogP contribution in [0, 0.1) is 5.92 Å². The van der Waals surface area contributed by atoms with E-state index in [1.54, 1.807) is 16.8 Å². The molecular weight excluding hydrogens is 373 g/mol. The zero-order chi connectivity index (χ0) is 16.1. The molecule has 1 amide bonds. The number of rotatable bonds is 7. The smallest absolute Gasteiger partial charge is 0.320 e. The minimum Gasteiger partial charge on any atom is -0.480 e. The van der Waals surface area contributed by atoms with Gasteiger partial charge < -0.3 is 10.4 Å². The van der Waals surface area contributed by atoms with Gasteiger partial charge in [0.15, 0.2) is 0 Å². The van der Waals surface area contributed by atoms with Crippen LogP contribution in [0.3, 0.4) is 0 Å². The van der Waals surface area contributed by atoms with Crippen molar-refractivity contribution < 1.29 is 14.7 Å². The Balaban J connectivity index is 0.00000264. The second-order valence-electron chi connectivity index (χ2n) is 5.87. The van der Waals surface area contributed by atoms with Crippen LogP contribution in [0.4, 0.5) is 0 Å². The highest BCUT2D eigenvalue weighted by molar-refractivity contribution is 7.07. The van der Waals surface area contributed by atoms with Crippen LogP contribution < -0.4 is 5.32 Å². The van der Waals surface area contributed by atoms with Gasteiger partial charge in [0.25, 0.3) is 0 Å². The zero-order valence-electron chi connectivity index (χ0n) is 13.8. The number of carbonyl (C=O) groups excluding carboxylic acids is 1. The second-order valence-corrected chi connectivity index (χ2v) is 6.58. The zero-order valence-corrected chi connectivity index (χ0v) is 16.3. The molecule has 2 heterocycles. The third-order valence-electron chi connectivity index (χ3n) is 4.27. The van der Waals surface area contributed by atoms with Crippen molar-refractivity contribution in [2.45, 2.75) is 38.6 Å². The molecule has 1 aromatic heterocycles. The average molecular weight is 398 g/mol. The molecule has 1 unspecified atom stereocenters. The fourth-order valence-electron chi connectivity index (χ4n) is 2.96. The summed E-state index contributed by atoms with van der Waals surface area (Å²) < 4.78 is 0. The Morgan fingerprint density at radius 1 is 1.50 bits per heavy atom. The number of thiazole rings is 1. The Labute approximate surface area is 158 Å². The normalized spacial score (nSPS) is 21.4. The number of nitrogens with one attached hydrogen (secondary N) is 1. The van der Waals surface area contributed by atoms with Crippen LogP contribution in [0.5, 0.6) is 0 Å². The maximum atomic E-state index is 11.5. The van der Waals surface area contributed by atoms with Gasteiger partial charge in [-0.2, -0.15) is 0 Å². The molecule has 0 radical (unpaired) electrons. The molecule has 1 aromatic rings. The minimum absolute atomic E-state index is 0. The molecule has 138 valence electrons. The van der Waals surface area contributed by atoms with Crippen molar-refractivity contribution in [3.8, 4) is 0 Å². The van der Waals surface area contributed by atoms with Crippen LogP contribution in [0.2, 0.25) is 0 Å². The van der Waals surface area contributed by atoms with Gasteiger partial charge in [0.1, 0.15) is 6.04 Å². The van der Waals surface area contributed by atoms with Gasteiger partial charge in [-0.25, -0.2) is 4.98 Å². The molecule has 24 heavy (non-hydrogen) atoms. The van der Waals surface area contributed by atoms with Crippen LogP contribution in [0.25, 0.3) is 0 Å². The minimum atomic E-state index is -0.771. The number of hydrogen-bond acceptors (Lipinski definition) is 5. The van der Waals surface area contributed by atoms with Gasteiger partial charge in [-0.1, -0.05) is 13.3 Å². The first-order valence-electron chi connectivity index (χ1n) is 7.60. The first-order chi connectivity index (χ1) is 10.5. The van der Waals surface area contributed by atoms with E-state index in [9.17, 15) is 14.7 Å². The quantitative estimate of drug-likeness (QED) is 0.737. The third kappa shape index (κ3) is 6.20. The number of amides is 1. The molecule has 0 bridgehead atoms. The fourth-order valence-corrected chi connectivity index (χ4v) is 3.59. The van der Waals surface area contributed by atoms with Crippen LogP contribution in [0.15, 0.2) is 10.9 Å². The molecule has 0 saturated carbocycles. The summed E-state index contributed by atoms with van der Waals surface area (Å²) in [4.78, 5) is 28.9. The fraction of sp³-hybridized carbons (Fsp3) is 0.667. The summed E-state index contributed by atoms with van der Waals surface area (Å²) in [6, 6.07) is -0.460. The highest BCUT2D eigenvalue weighted by Crippen LogP contribution is 2.32. The Hall–Kier alpha value is -0.890. The Morgan fingerprint density at radius 2 is 2.21 bits per heavy atom. The molecular formula is C15H25Cl2N3O3S. The Kier molecular flexibility index (Phi) is 10.5. The molecule has 2 rings (SSSR count). The number of nitrogens with zero attached hydrogens (tertiary/aromatic N) is 2. The molecule has 1 aliphatic heterocycles. The highest BCUT2D eigenvalue weighted by atomic mass is 35.5. The van der Waals surface area contributed by atoms with Gasteiger partial charge in [-0.15, -0.1) is 36.2 Å².